The summed E-state index contributed by atoms with van der Waals surface area (Å²) < 4.78 is 5.72. The predicted octanol–water partition coefficient (Wildman–Crippen LogP) is 3.76. The fraction of sp³-hybridized carbons (Fsp3) is 0.647. The zero-order valence-corrected chi connectivity index (χ0v) is 12.9. The summed E-state index contributed by atoms with van der Waals surface area (Å²) in [7, 11) is 2.21. The van der Waals surface area contributed by atoms with Crippen LogP contribution in [0.15, 0.2) is 24.3 Å². The first-order valence-electron chi connectivity index (χ1n) is 7.96. The van der Waals surface area contributed by atoms with Crippen LogP contribution in [0.1, 0.15) is 39.0 Å². The largest absolute Gasteiger partial charge is 0.494 e. The first-order chi connectivity index (χ1) is 9.79. The van der Waals surface area contributed by atoms with Gasteiger partial charge < -0.3 is 15.0 Å². The molecule has 1 saturated heterocycles. The number of likely N-dealkylation sites (tertiary alicyclic amines) is 1. The van der Waals surface area contributed by atoms with E-state index in [1.165, 1.54) is 37.9 Å². The standard InChI is InChI=1S/C17H28N2O/c1-3-4-5-13-20-17-10-8-15(9-11-17)18-14-16-7-6-12-19(16)2/h8-11,16,18H,3-7,12-14H2,1-2H3. The van der Waals surface area contributed by atoms with Gasteiger partial charge in [0.15, 0.2) is 0 Å². The average Bonchev–Trinajstić information content (AvgIpc) is 2.88. The summed E-state index contributed by atoms with van der Waals surface area (Å²) in [5.74, 6) is 0.977. The Labute approximate surface area is 123 Å². The molecule has 0 saturated carbocycles. The van der Waals surface area contributed by atoms with Gasteiger partial charge in [-0.25, -0.2) is 0 Å². The Bertz CT molecular complexity index is 377. The van der Waals surface area contributed by atoms with Gasteiger partial charge >= 0.3 is 0 Å². The summed E-state index contributed by atoms with van der Waals surface area (Å²) >= 11 is 0. The van der Waals surface area contributed by atoms with Crippen LogP contribution in [-0.4, -0.2) is 37.7 Å². The zero-order valence-electron chi connectivity index (χ0n) is 12.9. The van der Waals surface area contributed by atoms with Crippen LogP contribution in [0.3, 0.4) is 0 Å². The van der Waals surface area contributed by atoms with Crippen molar-refractivity contribution in [3.63, 3.8) is 0 Å². The molecule has 0 radical (unpaired) electrons. The van der Waals surface area contributed by atoms with Crippen LogP contribution >= 0.6 is 0 Å². The van der Waals surface area contributed by atoms with Gasteiger partial charge in [0, 0.05) is 18.3 Å². The molecule has 3 heteroatoms. The Kier molecular flexibility index (Phi) is 6.19. The minimum Gasteiger partial charge on any atom is -0.494 e. The second-order valence-electron chi connectivity index (χ2n) is 5.74. The molecule has 1 N–H and O–H groups in total. The van der Waals surface area contributed by atoms with Gasteiger partial charge in [-0.1, -0.05) is 19.8 Å². The molecule has 0 amide bonds. The molecule has 1 aromatic rings. The number of benzene rings is 1. The van der Waals surface area contributed by atoms with Crippen LogP contribution < -0.4 is 10.1 Å². The molecule has 0 aromatic heterocycles. The van der Waals surface area contributed by atoms with Crippen molar-refractivity contribution < 1.29 is 4.74 Å². The molecule has 20 heavy (non-hydrogen) atoms. The van der Waals surface area contributed by atoms with E-state index in [-0.39, 0.29) is 0 Å². The first kappa shape index (κ1) is 15.2. The molecule has 0 bridgehead atoms. The van der Waals surface area contributed by atoms with E-state index >= 15 is 0 Å². The Morgan fingerprint density at radius 2 is 2.05 bits per heavy atom. The topological polar surface area (TPSA) is 24.5 Å². The van der Waals surface area contributed by atoms with E-state index < -0.39 is 0 Å². The number of hydrogen-bond acceptors (Lipinski definition) is 3. The summed E-state index contributed by atoms with van der Waals surface area (Å²) in [5, 5.41) is 3.52. The number of nitrogens with zero attached hydrogens (tertiary/aromatic N) is 1. The minimum absolute atomic E-state index is 0.681. The number of nitrogens with one attached hydrogen (secondary N) is 1. The Hall–Kier alpha value is -1.22. The van der Waals surface area contributed by atoms with Gasteiger partial charge in [-0.15, -0.1) is 0 Å². The monoisotopic (exact) mass is 276 g/mol. The maximum Gasteiger partial charge on any atom is 0.119 e. The molecule has 1 fully saturated rings. The third-order valence-electron chi connectivity index (χ3n) is 4.08. The lowest BCUT2D eigenvalue weighted by Crippen LogP contribution is -2.31. The van der Waals surface area contributed by atoms with Gasteiger partial charge in [0.2, 0.25) is 0 Å². The van der Waals surface area contributed by atoms with Crippen molar-refractivity contribution in [2.24, 2.45) is 0 Å². The molecule has 1 unspecified atom stereocenters. The van der Waals surface area contributed by atoms with Crippen molar-refractivity contribution in [1.82, 2.24) is 4.90 Å². The second-order valence-corrected chi connectivity index (χ2v) is 5.74. The number of ether oxygens (including phenoxy) is 1. The van der Waals surface area contributed by atoms with Gasteiger partial charge in [-0.3, -0.25) is 0 Å². The number of likely N-dealkylation sites (N-methyl/N-ethyl adjacent to an activating group) is 1. The lowest BCUT2D eigenvalue weighted by Gasteiger charge is -2.20. The Morgan fingerprint density at radius 1 is 1.25 bits per heavy atom. The molecule has 1 aromatic carbocycles. The van der Waals surface area contributed by atoms with Crippen LogP contribution in [0.5, 0.6) is 5.75 Å². The second kappa shape index (κ2) is 8.15. The SMILES string of the molecule is CCCCCOc1ccc(NCC2CCCN2C)cc1. The van der Waals surface area contributed by atoms with Crippen LogP contribution in [-0.2, 0) is 0 Å². The van der Waals surface area contributed by atoms with E-state index in [2.05, 4.69) is 48.5 Å². The summed E-state index contributed by atoms with van der Waals surface area (Å²) in [6.45, 7) is 5.31. The molecular weight excluding hydrogens is 248 g/mol. The number of rotatable bonds is 8. The van der Waals surface area contributed by atoms with Gasteiger partial charge in [0.1, 0.15) is 5.75 Å². The van der Waals surface area contributed by atoms with Crippen molar-refractivity contribution in [3.8, 4) is 5.75 Å². The summed E-state index contributed by atoms with van der Waals surface area (Å²) in [6, 6.07) is 9.04. The highest BCUT2D eigenvalue weighted by atomic mass is 16.5. The third-order valence-corrected chi connectivity index (χ3v) is 4.08. The average molecular weight is 276 g/mol. The van der Waals surface area contributed by atoms with E-state index in [4.69, 9.17) is 4.74 Å². The highest BCUT2D eigenvalue weighted by Crippen LogP contribution is 2.18. The molecule has 1 aliphatic heterocycles. The zero-order chi connectivity index (χ0) is 14.2. The van der Waals surface area contributed by atoms with E-state index in [0.717, 1.165) is 25.3 Å². The highest BCUT2D eigenvalue weighted by Gasteiger charge is 2.19. The third kappa shape index (κ3) is 4.71. The van der Waals surface area contributed by atoms with Crippen molar-refractivity contribution >= 4 is 5.69 Å². The van der Waals surface area contributed by atoms with Crippen molar-refractivity contribution in [1.29, 1.82) is 0 Å². The van der Waals surface area contributed by atoms with Crippen molar-refractivity contribution in [3.05, 3.63) is 24.3 Å². The maximum atomic E-state index is 5.72. The van der Waals surface area contributed by atoms with Gasteiger partial charge in [-0.2, -0.15) is 0 Å². The lowest BCUT2D eigenvalue weighted by atomic mass is 10.2. The molecule has 1 aliphatic rings. The van der Waals surface area contributed by atoms with Crippen LogP contribution in [0.2, 0.25) is 0 Å². The minimum atomic E-state index is 0.681. The van der Waals surface area contributed by atoms with E-state index in [0.29, 0.717) is 6.04 Å². The van der Waals surface area contributed by atoms with Crippen LogP contribution in [0.4, 0.5) is 5.69 Å². The number of hydrogen-bond donors (Lipinski definition) is 1. The van der Waals surface area contributed by atoms with E-state index in [1.807, 2.05) is 0 Å². The molecule has 2 rings (SSSR count). The molecule has 1 atom stereocenters. The van der Waals surface area contributed by atoms with E-state index in [1.54, 1.807) is 0 Å². The van der Waals surface area contributed by atoms with Crippen molar-refractivity contribution in [2.45, 2.75) is 45.1 Å². The maximum absolute atomic E-state index is 5.72. The van der Waals surface area contributed by atoms with E-state index in [9.17, 15) is 0 Å². The molecule has 112 valence electrons. The number of anilines is 1. The fourth-order valence-corrected chi connectivity index (χ4v) is 2.68. The predicted molar refractivity (Wildman–Crippen MR) is 85.6 cm³/mol. The molecule has 0 spiro atoms. The number of unbranched alkanes of at least 4 members (excludes halogenated alkanes) is 2. The van der Waals surface area contributed by atoms with Crippen LogP contribution in [0.25, 0.3) is 0 Å². The summed E-state index contributed by atoms with van der Waals surface area (Å²) in [6.07, 6.45) is 6.26. The fourth-order valence-electron chi connectivity index (χ4n) is 2.68. The molecular formula is C17H28N2O. The Balaban J connectivity index is 1.71. The summed E-state index contributed by atoms with van der Waals surface area (Å²) in [4.78, 5) is 2.44. The molecule has 1 heterocycles. The smallest absolute Gasteiger partial charge is 0.119 e. The lowest BCUT2D eigenvalue weighted by molar-refractivity contribution is 0.306. The van der Waals surface area contributed by atoms with Crippen molar-refractivity contribution in [2.75, 3.05) is 32.1 Å². The summed E-state index contributed by atoms with van der Waals surface area (Å²) in [5.41, 5.74) is 1.19. The first-order valence-corrected chi connectivity index (χ1v) is 7.96. The quantitative estimate of drug-likeness (QED) is 0.732. The molecule has 3 nitrogen and oxygen atoms in total. The molecule has 0 aliphatic carbocycles. The van der Waals surface area contributed by atoms with Crippen LogP contribution in [0, 0.1) is 0 Å². The van der Waals surface area contributed by atoms with Gasteiger partial charge in [-0.05, 0) is 57.1 Å². The highest BCUT2D eigenvalue weighted by molar-refractivity contribution is 5.46. The van der Waals surface area contributed by atoms with Gasteiger partial charge in [0.25, 0.3) is 0 Å². The van der Waals surface area contributed by atoms with Gasteiger partial charge in [0.05, 0.1) is 6.61 Å². The normalized spacial score (nSPS) is 19.2. The Morgan fingerprint density at radius 3 is 2.70 bits per heavy atom.